The quantitative estimate of drug-likeness (QED) is 0.895. The van der Waals surface area contributed by atoms with Crippen LogP contribution in [0.15, 0.2) is 6.20 Å². The number of aliphatic hydroxyl groups is 1. The number of amides is 1. The molecule has 1 aromatic heterocycles. The summed E-state index contributed by atoms with van der Waals surface area (Å²) in [5.74, 6) is -0.131. The summed E-state index contributed by atoms with van der Waals surface area (Å²) in [7, 11) is 0. The van der Waals surface area contributed by atoms with Crippen LogP contribution in [0.4, 0.5) is 0 Å². The van der Waals surface area contributed by atoms with Crippen LogP contribution in [0, 0.1) is 0 Å². The van der Waals surface area contributed by atoms with Gasteiger partial charge < -0.3 is 10.4 Å². The molecule has 0 radical (unpaired) electrons. The molecule has 1 heterocycles. The van der Waals surface area contributed by atoms with Crippen molar-refractivity contribution in [3.63, 3.8) is 0 Å². The Morgan fingerprint density at radius 2 is 2.11 bits per heavy atom. The van der Waals surface area contributed by atoms with Gasteiger partial charge in [0.25, 0.3) is 5.91 Å². The minimum absolute atomic E-state index is 0.0349. The molecule has 1 saturated carbocycles. The predicted molar refractivity (Wildman–Crippen MR) is 76.6 cm³/mol. The van der Waals surface area contributed by atoms with Gasteiger partial charge >= 0.3 is 0 Å². The van der Waals surface area contributed by atoms with Gasteiger partial charge in [0.1, 0.15) is 4.88 Å². The van der Waals surface area contributed by atoms with Crippen LogP contribution in [-0.2, 0) is 5.41 Å². The average molecular weight is 282 g/mol. The smallest absolute Gasteiger partial charge is 0.263 e. The van der Waals surface area contributed by atoms with Gasteiger partial charge in [-0.05, 0) is 12.8 Å². The summed E-state index contributed by atoms with van der Waals surface area (Å²) in [5.41, 5.74) is -0.736. The molecule has 1 fully saturated rings. The van der Waals surface area contributed by atoms with E-state index in [1.807, 2.05) is 0 Å². The van der Waals surface area contributed by atoms with Crippen molar-refractivity contribution in [2.24, 2.45) is 0 Å². The highest BCUT2D eigenvalue weighted by Gasteiger charge is 2.31. The van der Waals surface area contributed by atoms with Gasteiger partial charge in [0.05, 0.1) is 16.8 Å². The Bertz CT molecular complexity index is 456. The molecule has 5 heteroatoms. The van der Waals surface area contributed by atoms with E-state index in [0.29, 0.717) is 11.4 Å². The summed E-state index contributed by atoms with van der Waals surface area (Å²) in [6.45, 7) is 6.58. The number of hydrogen-bond acceptors (Lipinski definition) is 4. The lowest BCUT2D eigenvalue weighted by atomic mass is 9.98. The molecule has 2 rings (SSSR count). The molecule has 1 aromatic rings. The SMILES string of the molecule is CC(C)(C)c1ncc(C(=O)NCC2(O)CCCC2)s1. The Hall–Kier alpha value is -0.940. The van der Waals surface area contributed by atoms with E-state index in [1.54, 1.807) is 6.20 Å². The maximum Gasteiger partial charge on any atom is 0.263 e. The van der Waals surface area contributed by atoms with E-state index in [2.05, 4.69) is 31.1 Å². The molecule has 0 bridgehead atoms. The Morgan fingerprint density at radius 3 is 2.63 bits per heavy atom. The molecule has 0 unspecified atom stereocenters. The number of carbonyl (C=O) groups is 1. The van der Waals surface area contributed by atoms with Gasteiger partial charge in [0.2, 0.25) is 0 Å². The Kier molecular flexibility index (Phi) is 3.97. The van der Waals surface area contributed by atoms with Crippen molar-refractivity contribution in [3.05, 3.63) is 16.1 Å². The topological polar surface area (TPSA) is 62.2 Å². The first-order valence-electron chi connectivity index (χ1n) is 6.77. The fraction of sp³-hybridized carbons (Fsp3) is 0.714. The van der Waals surface area contributed by atoms with Crippen LogP contribution in [-0.4, -0.2) is 28.1 Å². The normalized spacial score (nSPS) is 18.5. The molecule has 0 spiro atoms. The van der Waals surface area contributed by atoms with Crippen molar-refractivity contribution >= 4 is 17.2 Å². The van der Waals surface area contributed by atoms with Crippen molar-refractivity contribution in [3.8, 4) is 0 Å². The number of rotatable bonds is 3. The summed E-state index contributed by atoms with van der Waals surface area (Å²) in [6, 6.07) is 0. The average Bonchev–Trinajstić information content (AvgIpc) is 2.94. The molecular formula is C14H22N2O2S. The van der Waals surface area contributed by atoms with Crippen LogP contribution in [0.3, 0.4) is 0 Å². The lowest BCUT2D eigenvalue weighted by Crippen LogP contribution is -2.40. The molecule has 4 nitrogen and oxygen atoms in total. The van der Waals surface area contributed by atoms with E-state index in [9.17, 15) is 9.90 Å². The highest BCUT2D eigenvalue weighted by atomic mass is 32.1. The van der Waals surface area contributed by atoms with E-state index in [4.69, 9.17) is 0 Å². The molecule has 1 aliphatic carbocycles. The van der Waals surface area contributed by atoms with Gasteiger partial charge in [-0.3, -0.25) is 4.79 Å². The Morgan fingerprint density at radius 1 is 1.47 bits per heavy atom. The molecule has 1 aliphatic rings. The van der Waals surface area contributed by atoms with Crippen molar-refractivity contribution in [1.82, 2.24) is 10.3 Å². The van der Waals surface area contributed by atoms with Crippen LogP contribution < -0.4 is 5.32 Å². The number of nitrogens with one attached hydrogen (secondary N) is 1. The highest BCUT2D eigenvalue weighted by molar-refractivity contribution is 7.13. The number of nitrogens with zero attached hydrogens (tertiary/aromatic N) is 1. The number of aromatic nitrogens is 1. The third-order valence-corrected chi connectivity index (χ3v) is 4.91. The van der Waals surface area contributed by atoms with Crippen molar-refractivity contribution in [2.75, 3.05) is 6.54 Å². The fourth-order valence-electron chi connectivity index (χ4n) is 2.27. The van der Waals surface area contributed by atoms with E-state index < -0.39 is 5.60 Å². The molecule has 0 aliphatic heterocycles. The molecule has 0 aromatic carbocycles. The molecule has 19 heavy (non-hydrogen) atoms. The standard InChI is InChI=1S/C14H22N2O2S/c1-13(2,3)12-15-8-10(19-12)11(17)16-9-14(18)6-4-5-7-14/h8,18H,4-7,9H2,1-3H3,(H,16,17). The van der Waals surface area contributed by atoms with Crippen LogP contribution >= 0.6 is 11.3 Å². The lowest BCUT2D eigenvalue weighted by molar-refractivity contribution is 0.0450. The second-order valence-corrected chi connectivity index (χ2v) is 7.42. The van der Waals surface area contributed by atoms with Crippen LogP contribution in [0.25, 0.3) is 0 Å². The third-order valence-electron chi connectivity index (χ3n) is 3.48. The second kappa shape index (κ2) is 5.21. The predicted octanol–water partition coefficient (Wildman–Crippen LogP) is 2.48. The molecule has 0 atom stereocenters. The number of hydrogen-bond donors (Lipinski definition) is 2. The van der Waals surface area contributed by atoms with Crippen molar-refractivity contribution < 1.29 is 9.90 Å². The van der Waals surface area contributed by atoms with Crippen LogP contribution in [0.1, 0.15) is 61.1 Å². The summed E-state index contributed by atoms with van der Waals surface area (Å²) < 4.78 is 0. The lowest BCUT2D eigenvalue weighted by Gasteiger charge is -2.22. The zero-order valence-corrected chi connectivity index (χ0v) is 12.6. The van der Waals surface area contributed by atoms with Gasteiger partial charge in [-0.25, -0.2) is 4.98 Å². The third kappa shape index (κ3) is 3.54. The number of thiazole rings is 1. The maximum absolute atomic E-state index is 12.0. The van der Waals surface area contributed by atoms with E-state index >= 15 is 0 Å². The molecule has 0 saturated heterocycles. The van der Waals surface area contributed by atoms with Gasteiger partial charge in [0.15, 0.2) is 0 Å². The Balaban J connectivity index is 1.95. The molecule has 1 amide bonds. The molecule has 106 valence electrons. The zero-order chi connectivity index (χ0) is 14.1. The van der Waals surface area contributed by atoms with Gasteiger partial charge in [-0.15, -0.1) is 11.3 Å². The first-order valence-corrected chi connectivity index (χ1v) is 7.59. The monoisotopic (exact) mass is 282 g/mol. The second-order valence-electron chi connectivity index (χ2n) is 6.39. The minimum Gasteiger partial charge on any atom is -0.388 e. The first kappa shape index (κ1) is 14.5. The number of carbonyl (C=O) groups excluding carboxylic acids is 1. The van der Waals surface area contributed by atoms with E-state index in [1.165, 1.54) is 11.3 Å². The summed E-state index contributed by atoms with van der Waals surface area (Å²) >= 11 is 1.42. The van der Waals surface area contributed by atoms with Crippen molar-refractivity contribution in [2.45, 2.75) is 57.5 Å². The van der Waals surface area contributed by atoms with Gasteiger partial charge in [-0.2, -0.15) is 0 Å². The van der Waals surface area contributed by atoms with Crippen LogP contribution in [0.5, 0.6) is 0 Å². The zero-order valence-electron chi connectivity index (χ0n) is 11.8. The van der Waals surface area contributed by atoms with E-state index in [0.717, 1.165) is 30.7 Å². The van der Waals surface area contributed by atoms with Gasteiger partial charge in [0, 0.05) is 12.0 Å². The van der Waals surface area contributed by atoms with E-state index in [-0.39, 0.29) is 11.3 Å². The highest BCUT2D eigenvalue weighted by Crippen LogP contribution is 2.29. The molecule has 2 N–H and O–H groups in total. The maximum atomic E-state index is 12.0. The Labute approximate surface area is 118 Å². The van der Waals surface area contributed by atoms with Gasteiger partial charge in [-0.1, -0.05) is 33.6 Å². The van der Waals surface area contributed by atoms with Crippen molar-refractivity contribution in [1.29, 1.82) is 0 Å². The molecular weight excluding hydrogens is 260 g/mol. The summed E-state index contributed by atoms with van der Waals surface area (Å²) in [4.78, 5) is 17.0. The summed E-state index contributed by atoms with van der Waals surface area (Å²) in [5, 5.41) is 14.0. The largest absolute Gasteiger partial charge is 0.388 e. The summed E-state index contributed by atoms with van der Waals surface area (Å²) in [6.07, 6.45) is 5.27. The van der Waals surface area contributed by atoms with Crippen LogP contribution in [0.2, 0.25) is 0 Å². The first-order chi connectivity index (χ1) is 8.80. The minimum atomic E-state index is -0.701. The fourth-order valence-corrected chi connectivity index (χ4v) is 3.16.